The van der Waals surface area contributed by atoms with Crippen molar-refractivity contribution < 1.29 is 9.53 Å². The molecule has 138 valence electrons. The van der Waals surface area contributed by atoms with Crippen LogP contribution in [0.4, 0.5) is 5.69 Å². The van der Waals surface area contributed by atoms with Crippen molar-refractivity contribution in [1.29, 1.82) is 0 Å². The molecule has 2 fully saturated rings. The second-order valence-corrected chi connectivity index (χ2v) is 8.55. The minimum atomic E-state index is -0.130. The highest BCUT2D eigenvalue weighted by Gasteiger charge is 2.67. The fraction of sp³-hybridized carbons (Fsp3) is 0.591. The molecule has 0 bridgehead atoms. The van der Waals surface area contributed by atoms with Gasteiger partial charge in [0.25, 0.3) is 0 Å². The third-order valence-corrected chi connectivity index (χ3v) is 7.78. The number of benzene rings is 1. The maximum Gasteiger partial charge on any atom is 0.335 e. The van der Waals surface area contributed by atoms with Crippen molar-refractivity contribution in [1.82, 2.24) is 4.90 Å². The summed E-state index contributed by atoms with van der Waals surface area (Å²) >= 11 is 0. The molecule has 5 rings (SSSR count). The molecular formula is C22H28N2O2. The maximum atomic E-state index is 12.9. The van der Waals surface area contributed by atoms with Crippen LogP contribution in [-0.2, 0) is 14.9 Å². The van der Waals surface area contributed by atoms with E-state index in [2.05, 4.69) is 48.0 Å². The SMILES string of the molecule is CC[C@@]12CCCN3CC[C@@]4(C(=C(C(=O)OC)C1)N(C)c1ccccc14)[C@H]32. The van der Waals surface area contributed by atoms with Gasteiger partial charge in [0, 0.05) is 24.5 Å². The number of rotatable bonds is 2. The van der Waals surface area contributed by atoms with E-state index in [0.717, 1.165) is 31.4 Å². The maximum absolute atomic E-state index is 12.9. The van der Waals surface area contributed by atoms with Crippen molar-refractivity contribution in [3.8, 4) is 0 Å². The molecule has 0 saturated carbocycles. The van der Waals surface area contributed by atoms with E-state index in [4.69, 9.17) is 4.74 Å². The summed E-state index contributed by atoms with van der Waals surface area (Å²) in [5, 5.41) is 0. The van der Waals surface area contributed by atoms with Crippen molar-refractivity contribution in [2.45, 2.75) is 50.5 Å². The first-order chi connectivity index (χ1) is 12.6. The van der Waals surface area contributed by atoms with E-state index < -0.39 is 0 Å². The number of para-hydroxylation sites is 1. The topological polar surface area (TPSA) is 32.8 Å². The number of fused-ring (bicyclic) bond motifs is 1. The Morgan fingerprint density at radius 3 is 2.85 bits per heavy atom. The Labute approximate surface area is 155 Å². The number of esters is 1. The van der Waals surface area contributed by atoms with Crippen molar-refractivity contribution in [2.24, 2.45) is 5.41 Å². The Morgan fingerprint density at radius 1 is 1.27 bits per heavy atom. The molecule has 26 heavy (non-hydrogen) atoms. The summed E-state index contributed by atoms with van der Waals surface area (Å²) in [7, 11) is 3.66. The first-order valence-corrected chi connectivity index (χ1v) is 9.98. The molecule has 1 aromatic rings. The zero-order valence-electron chi connectivity index (χ0n) is 16.0. The van der Waals surface area contributed by atoms with E-state index in [9.17, 15) is 4.79 Å². The number of anilines is 1. The van der Waals surface area contributed by atoms with Crippen LogP contribution in [0.3, 0.4) is 0 Å². The van der Waals surface area contributed by atoms with Crippen LogP contribution >= 0.6 is 0 Å². The monoisotopic (exact) mass is 352 g/mol. The number of nitrogens with zero attached hydrogens (tertiary/aromatic N) is 2. The Balaban J connectivity index is 1.85. The van der Waals surface area contributed by atoms with Crippen LogP contribution in [0, 0.1) is 5.41 Å². The van der Waals surface area contributed by atoms with Gasteiger partial charge in [-0.05, 0) is 62.2 Å². The molecule has 4 nitrogen and oxygen atoms in total. The molecule has 3 aliphatic heterocycles. The normalized spacial score (nSPS) is 35.2. The smallest absolute Gasteiger partial charge is 0.335 e. The van der Waals surface area contributed by atoms with Crippen LogP contribution < -0.4 is 4.90 Å². The van der Waals surface area contributed by atoms with Crippen LogP contribution in [-0.4, -0.2) is 44.2 Å². The highest BCUT2D eigenvalue weighted by atomic mass is 16.5. The second-order valence-electron chi connectivity index (χ2n) is 8.55. The molecule has 3 heterocycles. The van der Waals surface area contributed by atoms with Gasteiger partial charge in [-0.3, -0.25) is 4.90 Å². The van der Waals surface area contributed by atoms with Gasteiger partial charge in [0.05, 0.1) is 18.1 Å². The Morgan fingerprint density at radius 2 is 2.08 bits per heavy atom. The molecule has 0 radical (unpaired) electrons. The van der Waals surface area contributed by atoms with Gasteiger partial charge in [-0.25, -0.2) is 4.79 Å². The molecule has 0 N–H and O–H groups in total. The molecule has 2 saturated heterocycles. The first kappa shape index (κ1) is 16.4. The van der Waals surface area contributed by atoms with E-state index in [1.807, 2.05) is 0 Å². The van der Waals surface area contributed by atoms with Gasteiger partial charge in [0.1, 0.15) is 0 Å². The summed E-state index contributed by atoms with van der Waals surface area (Å²) in [6.07, 6.45) is 5.53. The number of hydrogen-bond donors (Lipinski definition) is 0. The number of hydrogen-bond acceptors (Lipinski definition) is 4. The predicted octanol–water partition coefficient (Wildman–Crippen LogP) is 3.47. The first-order valence-electron chi connectivity index (χ1n) is 9.98. The lowest BCUT2D eigenvalue weighted by molar-refractivity contribution is -0.137. The van der Waals surface area contributed by atoms with Gasteiger partial charge in [-0.1, -0.05) is 25.1 Å². The van der Waals surface area contributed by atoms with Gasteiger partial charge in [0.2, 0.25) is 0 Å². The van der Waals surface area contributed by atoms with Gasteiger partial charge in [-0.2, -0.15) is 0 Å². The Kier molecular flexibility index (Phi) is 3.37. The molecule has 0 aromatic heterocycles. The molecule has 4 aliphatic rings. The van der Waals surface area contributed by atoms with Crippen LogP contribution in [0.1, 0.15) is 44.6 Å². The van der Waals surface area contributed by atoms with Crippen molar-refractivity contribution >= 4 is 11.7 Å². The van der Waals surface area contributed by atoms with E-state index >= 15 is 0 Å². The summed E-state index contributed by atoms with van der Waals surface area (Å²) in [6.45, 7) is 4.65. The quantitative estimate of drug-likeness (QED) is 0.763. The molecule has 0 unspecified atom stereocenters. The molecule has 0 amide bonds. The van der Waals surface area contributed by atoms with E-state index in [1.165, 1.54) is 43.4 Å². The zero-order valence-corrected chi connectivity index (χ0v) is 16.0. The van der Waals surface area contributed by atoms with E-state index in [0.29, 0.717) is 6.04 Å². The predicted molar refractivity (Wildman–Crippen MR) is 102 cm³/mol. The largest absolute Gasteiger partial charge is 0.466 e. The standard InChI is InChI=1S/C22H28N2O2/c1-4-21-10-7-12-24-13-11-22(20(21)24)16-8-5-6-9-17(16)23(2)18(22)15(14-21)19(25)26-3/h5-6,8-9,20H,4,7,10-14H2,1-3H3/t20-,21-,22-/m1/s1. The average molecular weight is 352 g/mol. The molecule has 4 heteroatoms. The van der Waals surface area contributed by atoms with Gasteiger partial charge >= 0.3 is 5.97 Å². The fourth-order valence-electron chi connectivity index (χ4n) is 6.92. The lowest BCUT2D eigenvalue weighted by atomic mass is 9.53. The number of piperidine rings is 1. The summed E-state index contributed by atoms with van der Waals surface area (Å²) in [6, 6.07) is 9.29. The van der Waals surface area contributed by atoms with Crippen molar-refractivity contribution in [3.05, 3.63) is 41.1 Å². The fourth-order valence-corrected chi connectivity index (χ4v) is 6.92. The summed E-state index contributed by atoms with van der Waals surface area (Å²) < 4.78 is 5.28. The minimum Gasteiger partial charge on any atom is -0.466 e. The lowest BCUT2D eigenvalue weighted by Gasteiger charge is -2.56. The summed E-state index contributed by atoms with van der Waals surface area (Å²) in [4.78, 5) is 17.9. The highest BCUT2D eigenvalue weighted by molar-refractivity contribution is 5.93. The molecule has 1 aromatic carbocycles. The van der Waals surface area contributed by atoms with Crippen molar-refractivity contribution in [3.63, 3.8) is 0 Å². The van der Waals surface area contributed by atoms with Gasteiger partial charge < -0.3 is 9.64 Å². The lowest BCUT2D eigenvalue weighted by Crippen LogP contribution is -2.60. The number of carbonyl (C=O) groups is 1. The van der Waals surface area contributed by atoms with Crippen LogP contribution in [0.5, 0.6) is 0 Å². The number of carbonyl (C=O) groups excluding carboxylic acids is 1. The molecule has 1 spiro atoms. The van der Waals surface area contributed by atoms with Crippen molar-refractivity contribution in [2.75, 3.05) is 32.1 Å². The number of ether oxygens (including phenoxy) is 1. The van der Waals surface area contributed by atoms with Crippen LogP contribution in [0.2, 0.25) is 0 Å². The zero-order chi connectivity index (χ0) is 18.1. The molecule has 1 aliphatic carbocycles. The van der Waals surface area contributed by atoms with E-state index in [1.54, 1.807) is 0 Å². The Bertz CT molecular complexity index is 816. The van der Waals surface area contributed by atoms with Crippen LogP contribution in [0.25, 0.3) is 0 Å². The summed E-state index contributed by atoms with van der Waals surface area (Å²) in [5.41, 5.74) is 4.97. The van der Waals surface area contributed by atoms with Gasteiger partial charge in [-0.15, -0.1) is 0 Å². The number of methoxy groups -OCH3 is 1. The average Bonchev–Trinajstić information content (AvgIpc) is 3.19. The second kappa shape index (κ2) is 5.35. The number of likely N-dealkylation sites (N-methyl/N-ethyl adjacent to an activating group) is 1. The third-order valence-electron chi connectivity index (χ3n) is 7.78. The van der Waals surface area contributed by atoms with E-state index in [-0.39, 0.29) is 16.8 Å². The molecular weight excluding hydrogens is 324 g/mol. The van der Waals surface area contributed by atoms with Crippen LogP contribution in [0.15, 0.2) is 35.5 Å². The Hall–Kier alpha value is -1.81. The minimum absolute atomic E-state index is 0.0520. The highest BCUT2D eigenvalue weighted by Crippen LogP contribution is 2.66. The summed E-state index contributed by atoms with van der Waals surface area (Å²) in [5.74, 6) is -0.130. The molecule has 3 atom stereocenters. The third kappa shape index (κ3) is 1.72. The van der Waals surface area contributed by atoms with Gasteiger partial charge in [0.15, 0.2) is 0 Å².